The second-order valence-corrected chi connectivity index (χ2v) is 13.7. The third kappa shape index (κ3) is 4.98. The van der Waals surface area contributed by atoms with Crippen LogP contribution in [0.5, 0.6) is 5.75 Å². The summed E-state index contributed by atoms with van der Waals surface area (Å²) in [6.45, 7) is 0. The fourth-order valence-corrected chi connectivity index (χ4v) is 8.27. The highest BCUT2D eigenvalue weighted by Crippen LogP contribution is 2.49. The van der Waals surface area contributed by atoms with Gasteiger partial charge in [0.1, 0.15) is 17.7 Å². The van der Waals surface area contributed by atoms with Crippen molar-refractivity contribution in [3.05, 3.63) is 163 Å². The van der Waals surface area contributed by atoms with E-state index < -0.39 is 0 Å². The Balaban J connectivity index is 1.11. The number of fused-ring (bicyclic) bond motifs is 6. The Morgan fingerprint density at radius 3 is 2.12 bits per heavy atom. The van der Waals surface area contributed by atoms with Crippen molar-refractivity contribution in [2.45, 2.75) is 12.0 Å². The first-order valence-electron chi connectivity index (χ1n) is 17.0. The van der Waals surface area contributed by atoms with Crippen LogP contribution in [0.15, 0.2) is 146 Å². The smallest absolute Gasteiger partial charge is 0.164 e. The summed E-state index contributed by atoms with van der Waals surface area (Å²) in [5.74, 6) is 2.92. The minimum absolute atomic E-state index is 0.278. The molecule has 52 heavy (non-hydrogen) atoms. The highest BCUT2D eigenvalue weighted by molar-refractivity contribution is 7.26. The van der Waals surface area contributed by atoms with Crippen molar-refractivity contribution < 1.29 is 4.74 Å². The zero-order chi connectivity index (χ0) is 34.6. The Bertz CT molecular complexity index is 2750. The van der Waals surface area contributed by atoms with E-state index in [4.69, 9.17) is 29.7 Å². The zero-order valence-corrected chi connectivity index (χ0v) is 28.3. The number of nitriles is 1. The molecule has 2 atom stereocenters. The monoisotopic (exact) mass is 686 g/mol. The largest absolute Gasteiger partial charge is 0.484 e. The van der Waals surface area contributed by atoms with Gasteiger partial charge in [-0.1, -0.05) is 121 Å². The molecule has 8 aromatic rings. The van der Waals surface area contributed by atoms with Crippen LogP contribution in [-0.2, 0) is 0 Å². The minimum atomic E-state index is -0.370. The molecule has 4 heterocycles. The van der Waals surface area contributed by atoms with Crippen molar-refractivity contribution in [2.75, 3.05) is 0 Å². The highest BCUT2D eigenvalue weighted by Gasteiger charge is 2.40. The summed E-state index contributed by atoms with van der Waals surface area (Å²) in [6, 6.07) is 44.2. The Kier molecular flexibility index (Phi) is 7.05. The molecule has 7 nitrogen and oxygen atoms in total. The van der Waals surface area contributed by atoms with Crippen molar-refractivity contribution in [3.63, 3.8) is 0 Å². The van der Waals surface area contributed by atoms with Gasteiger partial charge in [-0.15, -0.1) is 11.3 Å². The van der Waals surface area contributed by atoms with Gasteiger partial charge in [0.15, 0.2) is 17.5 Å². The number of thiophene rings is 1. The third-order valence-corrected chi connectivity index (χ3v) is 10.7. The van der Waals surface area contributed by atoms with Crippen LogP contribution in [0.3, 0.4) is 0 Å². The Morgan fingerprint density at radius 2 is 1.35 bits per heavy atom. The lowest BCUT2D eigenvalue weighted by Crippen LogP contribution is -2.25. The number of nitrogens with zero attached hydrogens (tertiary/aromatic N) is 6. The van der Waals surface area contributed by atoms with Crippen LogP contribution in [0.4, 0.5) is 0 Å². The second kappa shape index (κ2) is 12.2. The maximum absolute atomic E-state index is 9.71. The molecule has 2 unspecified atom stereocenters. The molecule has 3 aromatic heterocycles. The van der Waals surface area contributed by atoms with E-state index in [1.165, 1.54) is 0 Å². The molecule has 1 aliphatic carbocycles. The van der Waals surface area contributed by atoms with Gasteiger partial charge < -0.3 is 4.74 Å². The quantitative estimate of drug-likeness (QED) is 0.178. The number of aromatic nitrogens is 5. The van der Waals surface area contributed by atoms with Crippen LogP contribution in [-0.4, -0.2) is 31.0 Å². The standard InChI is InChI=1S/C44H26N6OS/c45-25-26-12-9-17-29(24-26)37-40-38(30-18-7-8-23-35(30)52-40)47-44(46-37)33-21-10-19-31-36-32(20-11-22-34(36)51-39(31)33)43-49-41(27-13-3-1-4-14-27)48-42(50-43)28-15-5-2-6-16-28/h1-24,33,39H. The van der Waals surface area contributed by atoms with Gasteiger partial charge in [-0.25, -0.2) is 24.9 Å². The van der Waals surface area contributed by atoms with Crippen molar-refractivity contribution >= 4 is 37.2 Å². The lowest BCUT2D eigenvalue weighted by Gasteiger charge is -2.23. The predicted molar refractivity (Wildman–Crippen MR) is 205 cm³/mol. The van der Waals surface area contributed by atoms with Crippen LogP contribution in [0, 0.1) is 11.3 Å². The van der Waals surface area contributed by atoms with E-state index in [0.717, 1.165) is 65.1 Å². The van der Waals surface area contributed by atoms with E-state index in [2.05, 4.69) is 42.5 Å². The summed E-state index contributed by atoms with van der Waals surface area (Å²) in [4.78, 5) is 25.5. The SMILES string of the molecule is N#Cc1cccc(-c2nc(C3C=CC=C4c5c(cccc5-c5nc(-c6ccccc6)nc(-c6ccccc6)n5)OC43)nc3c2sc2ccccc23)c1. The normalized spacial score (nSPS) is 15.9. The van der Waals surface area contributed by atoms with Crippen molar-refractivity contribution in [1.29, 1.82) is 5.26 Å². The first-order valence-corrected chi connectivity index (χ1v) is 17.8. The molecule has 0 amide bonds. The first kappa shape index (κ1) is 30.0. The number of rotatable bonds is 5. The molecule has 10 rings (SSSR count). The lowest BCUT2D eigenvalue weighted by molar-refractivity contribution is 0.255. The van der Waals surface area contributed by atoms with Gasteiger partial charge >= 0.3 is 0 Å². The van der Waals surface area contributed by atoms with Crippen LogP contribution in [0.1, 0.15) is 22.9 Å². The zero-order valence-electron chi connectivity index (χ0n) is 27.5. The summed E-state index contributed by atoms with van der Waals surface area (Å²) in [5, 5.41) is 10.8. The molecule has 1 aliphatic heterocycles. The summed E-state index contributed by atoms with van der Waals surface area (Å²) in [5.41, 5.74) is 7.84. The fraction of sp³-hybridized carbons (Fsp3) is 0.0455. The summed E-state index contributed by atoms with van der Waals surface area (Å²) >= 11 is 1.67. The molecule has 0 saturated carbocycles. The molecule has 0 spiro atoms. The molecule has 8 heteroatoms. The average molecular weight is 687 g/mol. The van der Waals surface area contributed by atoms with Gasteiger partial charge in [0, 0.05) is 43.5 Å². The fourth-order valence-electron chi connectivity index (χ4n) is 7.12. The Labute approximate surface area is 302 Å². The molecular formula is C44H26N6OS. The Morgan fingerprint density at radius 1 is 0.654 bits per heavy atom. The molecular weight excluding hydrogens is 661 g/mol. The summed E-state index contributed by atoms with van der Waals surface area (Å²) < 4.78 is 8.95. The number of hydrogen-bond acceptors (Lipinski definition) is 8. The molecule has 5 aromatic carbocycles. The van der Waals surface area contributed by atoms with E-state index in [9.17, 15) is 5.26 Å². The molecule has 0 radical (unpaired) electrons. The van der Waals surface area contributed by atoms with Crippen LogP contribution < -0.4 is 4.74 Å². The third-order valence-electron chi connectivity index (χ3n) is 9.54. The number of ether oxygens (including phenoxy) is 1. The number of allylic oxidation sites excluding steroid dienone is 2. The average Bonchev–Trinajstić information content (AvgIpc) is 3.80. The van der Waals surface area contributed by atoms with Crippen LogP contribution in [0.25, 0.3) is 71.3 Å². The van der Waals surface area contributed by atoms with Gasteiger partial charge in [-0.05, 0) is 24.3 Å². The van der Waals surface area contributed by atoms with Crippen molar-refractivity contribution in [3.8, 4) is 57.2 Å². The van der Waals surface area contributed by atoms with Gasteiger partial charge in [0.25, 0.3) is 0 Å². The summed E-state index contributed by atoms with van der Waals surface area (Å²) in [7, 11) is 0. The number of benzene rings is 5. The van der Waals surface area contributed by atoms with E-state index in [-0.39, 0.29) is 12.0 Å². The van der Waals surface area contributed by atoms with Gasteiger partial charge in [-0.2, -0.15) is 5.26 Å². The molecule has 0 N–H and O–H groups in total. The maximum atomic E-state index is 9.71. The van der Waals surface area contributed by atoms with E-state index >= 15 is 0 Å². The van der Waals surface area contributed by atoms with E-state index in [1.54, 1.807) is 11.3 Å². The second-order valence-electron chi connectivity index (χ2n) is 12.7. The lowest BCUT2D eigenvalue weighted by atomic mass is 9.86. The summed E-state index contributed by atoms with van der Waals surface area (Å²) in [6.07, 6.45) is 5.93. The van der Waals surface area contributed by atoms with Gasteiger partial charge in [0.2, 0.25) is 0 Å². The van der Waals surface area contributed by atoms with Crippen molar-refractivity contribution in [1.82, 2.24) is 24.9 Å². The molecule has 244 valence electrons. The molecule has 2 aliphatic rings. The number of hydrogen-bond donors (Lipinski definition) is 0. The molecule has 0 bridgehead atoms. The van der Waals surface area contributed by atoms with Crippen molar-refractivity contribution in [2.24, 2.45) is 0 Å². The molecule has 0 saturated heterocycles. The highest BCUT2D eigenvalue weighted by atomic mass is 32.1. The Hall–Kier alpha value is -6.82. The minimum Gasteiger partial charge on any atom is -0.484 e. The predicted octanol–water partition coefficient (Wildman–Crippen LogP) is 10.1. The van der Waals surface area contributed by atoms with Crippen LogP contribution in [0.2, 0.25) is 0 Å². The van der Waals surface area contributed by atoms with E-state index in [0.29, 0.717) is 28.9 Å². The van der Waals surface area contributed by atoms with Crippen LogP contribution >= 0.6 is 11.3 Å². The maximum Gasteiger partial charge on any atom is 0.164 e. The molecule has 0 fully saturated rings. The van der Waals surface area contributed by atoms with Gasteiger partial charge in [-0.3, -0.25) is 0 Å². The first-order chi connectivity index (χ1) is 25.7. The van der Waals surface area contributed by atoms with E-state index in [1.807, 2.05) is 109 Å². The van der Waals surface area contributed by atoms with Gasteiger partial charge in [0.05, 0.1) is 33.5 Å². The topological polar surface area (TPSA) is 97.5 Å².